The van der Waals surface area contributed by atoms with Crippen molar-refractivity contribution in [2.45, 2.75) is 30.8 Å². The number of aliphatic hydroxyl groups excluding tert-OH is 1. The molecule has 0 amide bonds. The topological polar surface area (TPSA) is 50.7 Å². The molecule has 1 aromatic rings. The molecular formula is C14H21NO3S. The lowest BCUT2D eigenvalue weighted by Crippen LogP contribution is -2.31. The van der Waals surface area contributed by atoms with Crippen molar-refractivity contribution in [2.24, 2.45) is 0 Å². The molecule has 5 heteroatoms. The maximum absolute atomic E-state index is 9.21. The number of ether oxygens (including phenoxy) is 2. The Kier molecular flexibility index (Phi) is 5.36. The quantitative estimate of drug-likeness (QED) is 0.783. The third-order valence-corrected chi connectivity index (χ3v) is 4.06. The Labute approximate surface area is 118 Å². The van der Waals surface area contributed by atoms with Gasteiger partial charge in [0, 0.05) is 17.5 Å². The molecular weight excluding hydrogens is 262 g/mol. The second-order valence-electron chi connectivity index (χ2n) is 4.48. The largest absolute Gasteiger partial charge is 0.486 e. The Morgan fingerprint density at radius 1 is 1.32 bits per heavy atom. The second-order valence-corrected chi connectivity index (χ2v) is 5.32. The Hall–Kier alpha value is -0.910. The minimum atomic E-state index is 0.142. The lowest BCUT2D eigenvalue weighted by molar-refractivity contribution is 0.170. The first-order chi connectivity index (χ1) is 9.28. The van der Waals surface area contributed by atoms with Gasteiger partial charge in [0.1, 0.15) is 13.2 Å². The van der Waals surface area contributed by atoms with Crippen molar-refractivity contribution in [1.82, 2.24) is 5.32 Å². The van der Waals surface area contributed by atoms with E-state index >= 15 is 0 Å². The number of rotatable bonds is 6. The molecule has 0 saturated carbocycles. The van der Waals surface area contributed by atoms with Gasteiger partial charge in [0.15, 0.2) is 11.5 Å². The number of hydrogen-bond donors (Lipinski definition) is 2. The molecule has 0 bridgehead atoms. The fourth-order valence-corrected chi connectivity index (χ4v) is 2.65. The van der Waals surface area contributed by atoms with Crippen LogP contribution in [0.2, 0.25) is 0 Å². The Morgan fingerprint density at radius 3 is 2.58 bits per heavy atom. The van der Waals surface area contributed by atoms with Gasteiger partial charge in [0.05, 0.1) is 6.61 Å². The van der Waals surface area contributed by atoms with E-state index in [0.717, 1.165) is 24.5 Å². The van der Waals surface area contributed by atoms with Gasteiger partial charge >= 0.3 is 0 Å². The molecule has 0 fully saturated rings. The van der Waals surface area contributed by atoms with Gasteiger partial charge in [-0.1, -0.05) is 6.92 Å². The predicted molar refractivity (Wildman–Crippen MR) is 77.2 cm³/mol. The van der Waals surface area contributed by atoms with E-state index in [1.165, 1.54) is 10.5 Å². The van der Waals surface area contributed by atoms with Crippen LogP contribution in [0.25, 0.3) is 0 Å². The summed E-state index contributed by atoms with van der Waals surface area (Å²) < 4.78 is 11.2. The van der Waals surface area contributed by atoms with E-state index in [0.29, 0.717) is 13.2 Å². The molecule has 19 heavy (non-hydrogen) atoms. The lowest BCUT2D eigenvalue weighted by Gasteiger charge is -2.21. The summed E-state index contributed by atoms with van der Waals surface area (Å²) in [6.45, 7) is 4.17. The standard InChI is InChI=1S/C14H21NO3S/c1-3-11(9-16)15-8-10-6-12-13(7-14(10)19-2)18-5-4-17-12/h6-7,11,15-16H,3-5,8-9H2,1-2H3/t11-/m0/s1. The van der Waals surface area contributed by atoms with Gasteiger partial charge in [-0.05, 0) is 30.4 Å². The molecule has 0 saturated heterocycles. The number of benzene rings is 1. The number of thioether (sulfide) groups is 1. The van der Waals surface area contributed by atoms with Crippen LogP contribution in [-0.2, 0) is 6.54 Å². The van der Waals surface area contributed by atoms with Crippen LogP contribution in [0.15, 0.2) is 17.0 Å². The molecule has 1 aliphatic heterocycles. The minimum Gasteiger partial charge on any atom is -0.486 e. The van der Waals surface area contributed by atoms with Crippen LogP contribution in [0.5, 0.6) is 11.5 Å². The maximum atomic E-state index is 9.21. The van der Waals surface area contributed by atoms with Gasteiger partial charge in [0.2, 0.25) is 0 Å². The molecule has 4 nitrogen and oxygen atoms in total. The summed E-state index contributed by atoms with van der Waals surface area (Å²) in [6.07, 6.45) is 2.97. The lowest BCUT2D eigenvalue weighted by atomic mass is 10.1. The first-order valence-electron chi connectivity index (χ1n) is 6.59. The maximum Gasteiger partial charge on any atom is 0.162 e. The highest BCUT2D eigenvalue weighted by atomic mass is 32.2. The van der Waals surface area contributed by atoms with Crippen molar-refractivity contribution < 1.29 is 14.6 Å². The molecule has 0 spiro atoms. The van der Waals surface area contributed by atoms with Crippen molar-refractivity contribution in [2.75, 3.05) is 26.1 Å². The van der Waals surface area contributed by atoms with Crippen LogP contribution in [0.4, 0.5) is 0 Å². The normalized spacial score (nSPS) is 15.3. The van der Waals surface area contributed by atoms with Crippen molar-refractivity contribution >= 4 is 11.8 Å². The van der Waals surface area contributed by atoms with E-state index in [-0.39, 0.29) is 12.6 Å². The molecule has 106 valence electrons. The van der Waals surface area contributed by atoms with E-state index in [2.05, 4.69) is 18.5 Å². The molecule has 1 atom stereocenters. The van der Waals surface area contributed by atoms with Gasteiger partial charge in [-0.2, -0.15) is 0 Å². The Morgan fingerprint density at radius 2 is 2.00 bits per heavy atom. The average Bonchev–Trinajstić information content (AvgIpc) is 2.47. The first kappa shape index (κ1) is 14.5. The minimum absolute atomic E-state index is 0.142. The molecule has 1 aliphatic rings. The summed E-state index contributed by atoms with van der Waals surface area (Å²) in [5.74, 6) is 1.64. The van der Waals surface area contributed by atoms with Crippen molar-refractivity contribution in [1.29, 1.82) is 0 Å². The average molecular weight is 283 g/mol. The molecule has 0 aliphatic carbocycles. The van der Waals surface area contributed by atoms with E-state index in [9.17, 15) is 5.11 Å². The van der Waals surface area contributed by atoms with Gasteiger partial charge in [-0.15, -0.1) is 11.8 Å². The highest BCUT2D eigenvalue weighted by Gasteiger charge is 2.16. The zero-order chi connectivity index (χ0) is 13.7. The third-order valence-electron chi connectivity index (χ3n) is 3.24. The number of nitrogens with one attached hydrogen (secondary N) is 1. The van der Waals surface area contributed by atoms with Crippen molar-refractivity contribution in [3.8, 4) is 11.5 Å². The van der Waals surface area contributed by atoms with Crippen LogP contribution < -0.4 is 14.8 Å². The summed E-state index contributed by atoms with van der Waals surface area (Å²) >= 11 is 1.70. The van der Waals surface area contributed by atoms with E-state index in [1.807, 2.05) is 12.1 Å². The van der Waals surface area contributed by atoms with E-state index in [1.54, 1.807) is 11.8 Å². The molecule has 1 aromatic carbocycles. The number of fused-ring (bicyclic) bond motifs is 1. The zero-order valence-corrected chi connectivity index (χ0v) is 12.3. The fourth-order valence-electron chi connectivity index (χ4n) is 2.03. The fraction of sp³-hybridized carbons (Fsp3) is 0.571. The SMILES string of the molecule is CC[C@@H](CO)NCc1cc2c(cc1SC)OCCO2. The third kappa shape index (κ3) is 3.55. The predicted octanol–water partition coefficient (Wildman–Crippen LogP) is 2.04. The molecule has 2 rings (SSSR count). The van der Waals surface area contributed by atoms with Gasteiger partial charge in [-0.25, -0.2) is 0 Å². The van der Waals surface area contributed by atoms with Crippen LogP contribution in [0, 0.1) is 0 Å². The summed E-state index contributed by atoms with van der Waals surface area (Å²) in [7, 11) is 0. The second kappa shape index (κ2) is 7.03. The van der Waals surface area contributed by atoms with Gasteiger partial charge in [0.25, 0.3) is 0 Å². The summed E-state index contributed by atoms with van der Waals surface area (Å²) in [6, 6.07) is 4.22. The number of aliphatic hydroxyl groups is 1. The molecule has 0 unspecified atom stereocenters. The van der Waals surface area contributed by atoms with Crippen LogP contribution in [0.1, 0.15) is 18.9 Å². The number of hydrogen-bond acceptors (Lipinski definition) is 5. The molecule has 0 radical (unpaired) electrons. The first-order valence-corrected chi connectivity index (χ1v) is 7.81. The van der Waals surface area contributed by atoms with Crippen LogP contribution in [-0.4, -0.2) is 37.2 Å². The molecule has 0 aromatic heterocycles. The summed E-state index contributed by atoms with van der Waals surface area (Å²) in [5.41, 5.74) is 1.18. The van der Waals surface area contributed by atoms with Crippen molar-refractivity contribution in [3.63, 3.8) is 0 Å². The van der Waals surface area contributed by atoms with E-state index < -0.39 is 0 Å². The van der Waals surface area contributed by atoms with Crippen molar-refractivity contribution in [3.05, 3.63) is 17.7 Å². The molecule has 2 N–H and O–H groups in total. The monoisotopic (exact) mass is 283 g/mol. The molecule has 1 heterocycles. The summed E-state index contributed by atoms with van der Waals surface area (Å²) in [5, 5.41) is 12.6. The van der Waals surface area contributed by atoms with E-state index in [4.69, 9.17) is 9.47 Å². The highest BCUT2D eigenvalue weighted by molar-refractivity contribution is 7.98. The van der Waals surface area contributed by atoms with Crippen LogP contribution in [0.3, 0.4) is 0 Å². The zero-order valence-electron chi connectivity index (χ0n) is 11.4. The summed E-state index contributed by atoms with van der Waals surface area (Å²) in [4.78, 5) is 1.18. The van der Waals surface area contributed by atoms with Gasteiger partial charge < -0.3 is 19.9 Å². The van der Waals surface area contributed by atoms with Gasteiger partial charge in [-0.3, -0.25) is 0 Å². The smallest absolute Gasteiger partial charge is 0.162 e. The highest BCUT2D eigenvalue weighted by Crippen LogP contribution is 2.36. The van der Waals surface area contributed by atoms with Crippen LogP contribution >= 0.6 is 11.8 Å². The Balaban J connectivity index is 2.14. The Bertz CT molecular complexity index is 421.